The molecule has 6 nitrogen and oxygen atoms in total. The number of amides is 1. The summed E-state index contributed by atoms with van der Waals surface area (Å²) < 4.78 is 13.8. The van der Waals surface area contributed by atoms with Gasteiger partial charge in [0, 0.05) is 31.3 Å². The van der Waals surface area contributed by atoms with Crippen LogP contribution in [0.15, 0.2) is 18.2 Å². The zero-order valence-electron chi connectivity index (χ0n) is 12.1. The average molecular weight is 295 g/mol. The van der Waals surface area contributed by atoms with Crippen LogP contribution in [0.4, 0.5) is 10.1 Å². The van der Waals surface area contributed by atoms with E-state index in [9.17, 15) is 19.3 Å². The van der Waals surface area contributed by atoms with Gasteiger partial charge in [-0.1, -0.05) is 0 Å². The number of benzene rings is 1. The maximum absolute atomic E-state index is 13.8. The van der Waals surface area contributed by atoms with E-state index in [1.807, 2.05) is 19.0 Å². The molecule has 0 aliphatic carbocycles. The fourth-order valence-electron chi connectivity index (χ4n) is 2.66. The van der Waals surface area contributed by atoms with Crippen molar-refractivity contribution in [1.29, 1.82) is 0 Å². The van der Waals surface area contributed by atoms with Crippen LogP contribution in [0, 0.1) is 15.9 Å². The molecule has 0 radical (unpaired) electrons. The molecule has 0 saturated carbocycles. The van der Waals surface area contributed by atoms with Crippen LogP contribution in [0.25, 0.3) is 0 Å². The minimum Gasteiger partial charge on any atom is -0.334 e. The predicted octanol–water partition coefficient (Wildman–Crippen LogP) is 1.90. The number of likely N-dealkylation sites (tertiary alicyclic amines) is 1. The molecule has 1 aliphatic heterocycles. The van der Waals surface area contributed by atoms with Crippen LogP contribution >= 0.6 is 0 Å². The Bertz CT molecular complexity index is 562. The Labute approximate surface area is 122 Å². The third-order valence-corrected chi connectivity index (χ3v) is 3.61. The number of nitrogens with zero attached hydrogens (tertiary/aromatic N) is 3. The third kappa shape index (κ3) is 3.36. The van der Waals surface area contributed by atoms with Crippen molar-refractivity contribution >= 4 is 11.6 Å². The van der Waals surface area contributed by atoms with Crippen molar-refractivity contribution in [3.63, 3.8) is 0 Å². The first-order valence-corrected chi connectivity index (χ1v) is 6.80. The molecule has 0 bridgehead atoms. The van der Waals surface area contributed by atoms with E-state index in [0.717, 1.165) is 31.0 Å². The van der Waals surface area contributed by atoms with Crippen LogP contribution < -0.4 is 0 Å². The number of likely N-dealkylation sites (N-methyl/N-ethyl adjacent to an activating group) is 1. The second-order valence-electron chi connectivity index (χ2n) is 5.48. The van der Waals surface area contributed by atoms with E-state index < -0.39 is 16.6 Å². The second kappa shape index (κ2) is 6.17. The van der Waals surface area contributed by atoms with Crippen LogP contribution in [-0.4, -0.2) is 53.9 Å². The van der Waals surface area contributed by atoms with E-state index in [1.165, 1.54) is 0 Å². The van der Waals surface area contributed by atoms with E-state index in [0.29, 0.717) is 13.1 Å². The summed E-state index contributed by atoms with van der Waals surface area (Å²) in [6, 6.07) is 3.07. The first-order valence-electron chi connectivity index (χ1n) is 6.80. The fraction of sp³-hybridized carbons (Fsp3) is 0.500. The van der Waals surface area contributed by atoms with Gasteiger partial charge in [0.2, 0.25) is 0 Å². The van der Waals surface area contributed by atoms with E-state index in [-0.39, 0.29) is 17.3 Å². The Morgan fingerprint density at radius 3 is 2.86 bits per heavy atom. The van der Waals surface area contributed by atoms with Gasteiger partial charge < -0.3 is 9.80 Å². The number of halogens is 1. The summed E-state index contributed by atoms with van der Waals surface area (Å²) in [4.78, 5) is 26.2. The number of nitro groups is 1. The number of hydrogen-bond acceptors (Lipinski definition) is 4. The molecule has 7 heteroatoms. The standard InChI is InChI=1S/C14H18FN3O3/c1-16(2)9-11-4-3-7-17(11)14(19)12-8-10(18(20)21)5-6-13(12)15/h5-6,8,11H,3-4,7,9H2,1-2H3. The SMILES string of the molecule is CN(C)CC1CCCN1C(=O)c1cc([N+](=O)[O-])ccc1F. The Balaban J connectivity index is 2.26. The first-order chi connectivity index (χ1) is 9.90. The minimum atomic E-state index is -0.721. The number of carbonyl (C=O) groups excluding carboxylic acids is 1. The number of carbonyl (C=O) groups is 1. The second-order valence-corrected chi connectivity index (χ2v) is 5.48. The predicted molar refractivity (Wildman–Crippen MR) is 75.7 cm³/mol. The van der Waals surface area contributed by atoms with Crippen molar-refractivity contribution in [2.75, 3.05) is 27.2 Å². The van der Waals surface area contributed by atoms with Gasteiger partial charge in [0.05, 0.1) is 10.5 Å². The number of nitro benzene ring substituents is 1. The van der Waals surface area contributed by atoms with Crippen LogP contribution in [0.1, 0.15) is 23.2 Å². The molecule has 1 aromatic carbocycles. The summed E-state index contributed by atoms with van der Waals surface area (Å²) in [5.74, 6) is -1.19. The molecule has 1 aromatic rings. The normalized spacial score (nSPS) is 18.3. The van der Waals surface area contributed by atoms with E-state index >= 15 is 0 Å². The summed E-state index contributed by atoms with van der Waals surface area (Å²) in [6.07, 6.45) is 1.72. The van der Waals surface area contributed by atoms with Crippen molar-refractivity contribution in [1.82, 2.24) is 9.80 Å². The van der Waals surface area contributed by atoms with Gasteiger partial charge in [0.25, 0.3) is 11.6 Å². The highest BCUT2D eigenvalue weighted by Crippen LogP contribution is 2.24. The Morgan fingerprint density at radius 1 is 1.52 bits per heavy atom. The molecular weight excluding hydrogens is 277 g/mol. The van der Waals surface area contributed by atoms with E-state index in [1.54, 1.807) is 4.90 Å². The quantitative estimate of drug-likeness (QED) is 0.628. The monoisotopic (exact) mass is 295 g/mol. The van der Waals surface area contributed by atoms with Crippen molar-refractivity contribution in [3.8, 4) is 0 Å². The first kappa shape index (κ1) is 15.4. The Kier molecular flexibility index (Phi) is 4.52. The molecular formula is C14H18FN3O3. The number of non-ortho nitro benzene ring substituents is 1. The van der Waals surface area contributed by atoms with Crippen LogP contribution in [0.3, 0.4) is 0 Å². The molecule has 1 amide bonds. The number of rotatable bonds is 4. The molecule has 21 heavy (non-hydrogen) atoms. The summed E-state index contributed by atoms with van der Waals surface area (Å²) in [7, 11) is 3.82. The molecule has 114 valence electrons. The highest BCUT2D eigenvalue weighted by Gasteiger charge is 2.31. The molecule has 0 spiro atoms. The maximum Gasteiger partial charge on any atom is 0.270 e. The van der Waals surface area contributed by atoms with Crippen LogP contribution in [-0.2, 0) is 0 Å². The fourth-order valence-corrected chi connectivity index (χ4v) is 2.66. The topological polar surface area (TPSA) is 66.7 Å². The van der Waals surface area contributed by atoms with Gasteiger partial charge in [-0.3, -0.25) is 14.9 Å². The summed E-state index contributed by atoms with van der Waals surface area (Å²) in [6.45, 7) is 1.25. The molecule has 1 heterocycles. The zero-order chi connectivity index (χ0) is 15.6. The Morgan fingerprint density at radius 2 is 2.24 bits per heavy atom. The molecule has 1 fully saturated rings. The van der Waals surface area contributed by atoms with Gasteiger partial charge in [-0.2, -0.15) is 0 Å². The van der Waals surface area contributed by atoms with Gasteiger partial charge >= 0.3 is 0 Å². The van der Waals surface area contributed by atoms with Gasteiger partial charge in [-0.15, -0.1) is 0 Å². The van der Waals surface area contributed by atoms with Crippen molar-refractivity contribution in [3.05, 3.63) is 39.7 Å². The Hall–Kier alpha value is -2.02. The number of hydrogen-bond donors (Lipinski definition) is 0. The molecule has 1 aliphatic rings. The third-order valence-electron chi connectivity index (χ3n) is 3.61. The summed E-state index contributed by atoms with van der Waals surface area (Å²) in [5.41, 5.74) is -0.502. The largest absolute Gasteiger partial charge is 0.334 e. The lowest BCUT2D eigenvalue weighted by molar-refractivity contribution is -0.384. The van der Waals surface area contributed by atoms with Gasteiger partial charge in [0.15, 0.2) is 0 Å². The van der Waals surface area contributed by atoms with Crippen molar-refractivity contribution in [2.45, 2.75) is 18.9 Å². The summed E-state index contributed by atoms with van der Waals surface area (Å²) in [5, 5.41) is 10.8. The molecule has 2 rings (SSSR count). The lowest BCUT2D eigenvalue weighted by Gasteiger charge is -2.27. The molecule has 1 atom stereocenters. The summed E-state index contributed by atoms with van der Waals surface area (Å²) >= 11 is 0. The molecule has 1 unspecified atom stereocenters. The van der Waals surface area contributed by atoms with Crippen LogP contribution in [0.2, 0.25) is 0 Å². The molecule has 0 N–H and O–H groups in total. The minimum absolute atomic E-state index is 0.0196. The van der Waals surface area contributed by atoms with Crippen molar-refractivity contribution in [2.24, 2.45) is 0 Å². The zero-order valence-corrected chi connectivity index (χ0v) is 12.1. The molecule has 1 saturated heterocycles. The average Bonchev–Trinajstić information content (AvgIpc) is 2.85. The van der Waals surface area contributed by atoms with E-state index in [2.05, 4.69) is 0 Å². The van der Waals surface area contributed by atoms with Gasteiger partial charge in [-0.05, 0) is 33.0 Å². The van der Waals surface area contributed by atoms with Crippen LogP contribution in [0.5, 0.6) is 0 Å². The maximum atomic E-state index is 13.8. The van der Waals surface area contributed by atoms with Crippen molar-refractivity contribution < 1.29 is 14.1 Å². The molecule has 0 aromatic heterocycles. The van der Waals surface area contributed by atoms with Gasteiger partial charge in [0.1, 0.15) is 5.82 Å². The van der Waals surface area contributed by atoms with Gasteiger partial charge in [-0.25, -0.2) is 4.39 Å². The highest BCUT2D eigenvalue weighted by atomic mass is 19.1. The lowest BCUT2D eigenvalue weighted by Crippen LogP contribution is -2.41. The lowest BCUT2D eigenvalue weighted by atomic mass is 10.1. The highest BCUT2D eigenvalue weighted by molar-refractivity contribution is 5.95. The smallest absolute Gasteiger partial charge is 0.270 e. The van der Waals surface area contributed by atoms with E-state index in [4.69, 9.17) is 0 Å².